The Bertz CT molecular complexity index is 1190. The van der Waals surface area contributed by atoms with Crippen LogP contribution in [0.15, 0.2) is 60.7 Å². The molecule has 0 atom stereocenters. The Kier molecular flexibility index (Phi) is 7.02. The van der Waals surface area contributed by atoms with Crippen LogP contribution in [0.25, 0.3) is 0 Å². The first-order chi connectivity index (χ1) is 15.7. The molecule has 0 radical (unpaired) electrons. The molecule has 0 unspecified atom stereocenters. The summed E-state index contributed by atoms with van der Waals surface area (Å²) in [4.78, 5) is 38.0. The summed E-state index contributed by atoms with van der Waals surface area (Å²) in [7, 11) is 3.09. The third-order valence-corrected chi connectivity index (χ3v) is 4.82. The molecule has 33 heavy (non-hydrogen) atoms. The van der Waals surface area contributed by atoms with Crippen LogP contribution < -0.4 is 10.6 Å². The summed E-state index contributed by atoms with van der Waals surface area (Å²) in [5, 5.41) is 15.3. The smallest absolute Gasteiger partial charge is 0.257 e. The molecule has 3 aromatic carbocycles. The summed E-state index contributed by atoms with van der Waals surface area (Å²) in [6.45, 7) is 0.232. The Labute approximate surface area is 188 Å². The molecule has 0 aliphatic heterocycles. The standard InChI is InChI=1S/C24H21F2N3O4/c1-27-22(31)15-5-3-14(4-6-15)13-29(2)24(33)20-8-7-19(12-21(20)30)28-23(32)16-9-17(25)11-18(26)10-16/h3-12,30H,13H2,1-2H3,(H,27,31)(H,28,32). The van der Waals surface area contributed by atoms with Crippen LogP contribution in [0, 0.1) is 11.6 Å². The van der Waals surface area contributed by atoms with E-state index in [4.69, 9.17) is 0 Å². The van der Waals surface area contributed by atoms with Crippen LogP contribution in [0.4, 0.5) is 14.5 Å². The summed E-state index contributed by atoms with van der Waals surface area (Å²) >= 11 is 0. The highest BCUT2D eigenvalue weighted by Gasteiger charge is 2.18. The lowest BCUT2D eigenvalue weighted by Crippen LogP contribution is -2.26. The van der Waals surface area contributed by atoms with E-state index < -0.39 is 23.4 Å². The zero-order valence-electron chi connectivity index (χ0n) is 17.9. The zero-order chi connectivity index (χ0) is 24.1. The average molecular weight is 453 g/mol. The minimum Gasteiger partial charge on any atom is -0.507 e. The maximum atomic E-state index is 13.3. The highest BCUT2D eigenvalue weighted by molar-refractivity contribution is 6.05. The molecule has 0 aromatic heterocycles. The van der Waals surface area contributed by atoms with Crippen LogP contribution in [-0.4, -0.2) is 41.8 Å². The highest BCUT2D eigenvalue weighted by atomic mass is 19.1. The molecule has 7 nitrogen and oxygen atoms in total. The first-order valence-corrected chi connectivity index (χ1v) is 9.85. The number of phenols is 1. The van der Waals surface area contributed by atoms with E-state index in [9.17, 15) is 28.3 Å². The fourth-order valence-electron chi connectivity index (χ4n) is 3.14. The Morgan fingerprint density at radius 3 is 2.09 bits per heavy atom. The van der Waals surface area contributed by atoms with Crippen LogP contribution in [0.1, 0.15) is 36.6 Å². The van der Waals surface area contributed by atoms with Gasteiger partial charge in [-0.1, -0.05) is 12.1 Å². The summed E-state index contributed by atoms with van der Waals surface area (Å²) in [5.41, 5.74) is 1.20. The number of rotatable bonds is 6. The lowest BCUT2D eigenvalue weighted by Gasteiger charge is -2.18. The van der Waals surface area contributed by atoms with Crippen LogP contribution in [0.5, 0.6) is 5.75 Å². The Morgan fingerprint density at radius 2 is 1.52 bits per heavy atom. The average Bonchev–Trinajstić information content (AvgIpc) is 2.78. The van der Waals surface area contributed by atoms with Crippen LogP contribution in [0.2, 0.25) is 0 Å². The van der Waals surface area contributed by atoms with Crippen molar-refractivity contribution in [1.82, 2.24) is 10.2 Å². The maximum absolute atomic E-state index is 13.3. The van der Waals surface area contributed by atoms with E-state index in [0.717, 1.165) is 17.7 Å². The molecule has 0 fully saturated rings. The van der Waals surface area contributed by atoms with Crippen LogP contribution in [-0.2, 0) is 6.54 Å². The zero-order valence-corrected chi connectivity index (χ0v) is 17.9. The summed E-state index contributed by atoms with van der Waals surface area (Å²) in [6.07, 6.45) is 0. The van der Waals surface area contributed by atoms with Gasteiger partial charge in [0.2, 0.25) is 0 Å². The van der Waals surface area contributed by atoms with Crippen molar-refractivity contribution in [2.45, 2.75) is 6.54 Å². The molecule has 3 aromatic rings. The predicted octanol–water partition coefficient (Wildman–Crippen LogP) is 3.55. The number of halogens is 2. The second kappa shape index (κ2) is 9.90. The number of carbonyl (C=O) groups excluding carboxylic acids is 3. The minimum absolute atomic E-state index is 0.00859. The molecule has 0 heterocycles. The van der Waals surface area contributed by atoms with Crippen molar-refractivity contribution in [2.24, 2.45) is 0 Å². The van der Waals surface area contributed by atoms with Gasteiger partial charge in [0.25, 0.3) is 17.7 Å². The Hall–Kier alpha value is -4.27. The van der Waals surface area contributed by atoms with Gasteiger partial charge in [-0.2, -0.15) is 0 Å². The molecule has 0 saturated carbocycles. The number of benzene rings is 3. The summed E-state index contributed by atoms with van der Waals surface area (Å²) in [6, 6.07) is 13.1. The van der Waals surface area contributed by atoms with Crippen molar-refractivity contribution in [3.63, 3.8) is 0 Å². The van der Waals surface area contributed by atoms with Crippen molar-refractivity contribution in [3.8, 4) is 5.75 Å². The molecule has 3 N–H and O–H groups in total. The van der Waals surface area contributed by atoms with E-state index in [0.29, 0.717) is 11.6 Å². The normalized spacial score (nSPS) is 10.4. The Morgan fingerprint density at radius 1 is 0.879 bits per heavy atom. The number of nitrogens with one attached hydrogen (secondary N) is 2. The largest absolute Gasteiger partial charge is 0.507 e. The quantitative estimate of drug-likeness (QED) is 0.532. The molecule has 3 rings (SSSR count). The Balaban J connectivity index is 1.68. The number of nitrogens with zero attached hydrogens (tertiary/aromatic N) is 1. The van der Waals surface area contributed by atoms with E-state index in [-0.39, 0.29) is 35.0 Å². The molecular formula is C24H21F2N3O4. The molecule has 0 spiro atoms. The third-order valence-electron chi connectivity index (χ3n) is 4.82. The fraction of sp³-hybridized carbons (Fsp3) is 0.125. The van der Waals surface area contributed by atoms with Crippen LogP contribution in [0.3, 0.4) is 0 Å². The summed E-state index contributed by atoms with van der Waals surface area (Å²) in [5.74, 6) is -3.61. The van der Waals surface area contributed by atoms with E-state index in [1.165, 1.54) is 30.1 Å². The minimum atomic E-state index is -0.893. The number of phenolic OH excluding ortho intramolecular Hbond substituents is 1. The molecular weight excluding hydrogens is 432 g/mol. The van der Waals surface area contributed by atoms with Gasteiger partial charge >= 0.3 is 0 Å². The lowest BCUT2D eigenvalue weighted by atomic mass is 10.1. The SMILES string of the molecule is CNC(=O)c1ccc(CN(C)C(=O)c2ccc(NC(=O)c3cc(F)cc(F)c3)cc2O)cc1. The fourth-order valence-corrected chi connectivity index (χ4v) is 3.14. The lowest BCUT2D eigenvalue weighted by molar-refractivity contribution is 0.0781. The maximum Gasteiger partial charge on any atom is 0.257 e. The second-order valence-electron chi connectivity index (χ2n) is 7.28. The van der Waals surface area contributed by atoms with E-state index in [1.54, 1.807) is 31.3 Å². The van der Waals surface area contributed by atoms with E-state index in [2.05, 4.69) is 10.6 Å². The van der Waals surface area contributed by atoms with Crippen molar-refractivity contribution >= 4 is 23.4 Å². The number of hydrogen-bond donors (Lipinski definition) is 3. The summed E-state index contributed by atoms with van der Waals surface area (Å²) < 4.78 is 26.6. The molecule has 3 amide bonds. The molecule has 0 aliphatic carbocycles. The molecule has 170 valence electrons. The topological polar surface area (TPSA) is 98.7 Å². The van der Waals surface area contributed by atoms with E-state index in [1.807, 2.05) is 0 Å². The van der Waals surface area contributed by atoms with Gasteiger partial charge in [0.1, 0.15) is 17.4 Å². The second-order valence-corrected chi connectivity index (χ2v) is 7.28. The molecule has 9 heteroatoms. The van der Waals surface area contributed by atoms with Gasteiger partial charge in [-0.3, -0.25) is 14.4 Å². The van der Waals surface area contributed by atoms with Crippen molar-refractivity contribution < 1.29 is 28.3 Å². The first kappa shape index (κ1) is 23.4. The van der Waals surface area contributed by atoms with Gasteiger partial charge in [-0.15, -0.1) is 0 Å². The van der Waals surface area contributed by atoms with Crippen molar-refractivity contribution in [3.05, 3.63) is 94.6 Å². The highest BCUT2D eigenvalue weighted by Crippen LogP contribution is 2.24. The van der Waals surface area contributed by atoms with Gasteiger partial charge in [0.05, 0.1) is 5.56 Å². The van der Waals surface area contributed by atoms with Crippen molar-refractivity contribution in [2.75, 3.05) is 19.4 Å². The molecule has 0 aliphatic rings. The van der Waals surface area contributed by atoms with Gasteiger partial charge in [-0.25, -0.2) is 8.78 Å². The van der Waals surface area contributed by atoms with Crippen LogP contribution >= 0.6 is 0 Å². The van der Waals surface area contributed by atoms with Gasteiger partial charge in [0.15, 0.2) is 0 Å². The van der Waals surface area contributed by atoms with Gasteiger partial charge in [-0.05, 0) is 42.0 Å². The number of anilines is 1. The number of hydrogen-bond acceptors (Lipinski definition) is 4. The molecule has 0 saturated heterocycles. The number of amides is 3. The number of carbonyl (C=O) groups is 3. The van der Waals surface area contributed by atoms with Crippen molar-refractivity contribution in [1.29, 1.82) is 0 Å². The molecule has 0 bridgehead atoms. The monoisotopic (exact) mass is 453 g/mol. The predicted molar refractivity (Wildman–Crippen MR) is 118 cm³/mol. The van der Waals surface area contributed by atoms with E-state index >= 15 is 0 Å². The third kappa shape index (κ3) is 5.70. The van der Waals surface area contributed by atoms with Gasteiger partial charge < -0.3 is 20.6 Å². The first-order valence-electron chi connectivity index (χ1n) is 9.85. The number of aromatic hydroxyl groups is 1. The van der Waals surface area contributed by atoms with Gasteiger partial charge in [0, 0.05) is 49.6 Å².